The summed E-state index contributed by atoms with van der Waals surface area (Å²) in [5.41, 5.74) is 0. The molecule has 0 unspecified atom stereocenters. The van der Waals surface area contributed by atoms with E-state index in [1.165, 1.54) is 24.4 Å². The summed E-state index contributed by atoms with van der Waals surface area (Å²) in [5, 5.41) is 2.12. The van der Waals surface area contributed by atoms with Crippen molar-refractivity contribution in [1.82, 2.24) is 0 Å². The van der Waals surface area contributed by atoms with Crippen LogP contribution in [0, 0.1) is 0 Å². The van der Waals surface area contributed by atoms with E-state index in [1.807, 2.05) is 22.7 Å². The molecule has 0 fully saturated rings. The van der Waals surface area contributed by atoms with E-state index in [0.29, 0.717) is 0 Å². The summed E-state index contributed by atoms with van der Waals surface area (Å²) in [6, 6.07) is 13.1. The van der Waals surface area contributed by atoms with Gasteiger partial charge < -0.3 is 0 Å². The Hall–Kier alpha value is -0.550. The van der Waals surface area contributed by atoms with Crippen LogP contribution in [-0.4, -0.2) is 0 Å². The molecule has 0 amide bonds. The highest BCUT2D eigenvalue weighted by Gasteiger charge is 2.07. The van der Waals surface area contributed by atoms with Crippen molar-refractivity contribution in [2.45, 2.75) is 5.75 Å². The fourth-order valence-corrected chi connectivity index (χ4v) is 4.71. The van der Waals surface area contributed by atoms with Gasteiger partial charge >= 0.3 is 0 Å². The Morgan fingerprint density at radius 3 is 2.18 bits per heavy atom. The molecular formula is C13H10S4. The zero-order valence-electron chi connectivity index (χ0n) is 8.92. The lowest BCUT2D eigenvalue weighted by Gasteiger charge is -1.90. The van der Waals surface area contributed by atoms with Crippen molar-refractivity contribution < 1.29 is 0 Å². The molecule has 3 heterocycles. The Morgan fingerprint density at radius 2 is 1.53 bits per heavy atom. The van der Waals surface area contributed by atoms with E-state index >= 15 is 0 Å². The first-order valence-electron chi connectivity index (χ1n) is 5.20. The van der Waals surface area contributed by atoms with Crippen molar-refractivity contribution in [3.8, 4) is 19.5 Å². The van der Waals surface area contributed by atoms with Gasteiger partial charge in [0.15, 0.2) is 0 Å². The lowest BCUT2D eigenvalue weighted by atomic mass is 10.3. The molecule has 3 aromatic heterocycles. The highest BCUT2D eigenvalue weighted by atomic mass is 32.1. The highest BCUT2D eigenvalue weighted by Crippen LogP contribution is 2.39. The van der Waals surface area contributed by atoms with Crippen LogP contribution in [0.15, 0.2) is 41.8 Å². The average molecular weight is 294 g/mol. The van der Waals surface area contributed by atoms with Gasteiger partial charge in [0.2, 0.25) is 0 Å². The van der Waals surface area contributed by atoms with Crippen LogP contribution in [0.3, 0.4) is 0 Å². The van der Waals surface area contributed by atoms with Gasteiger partial charge in [0.25, 0.3) is 0 Å². The van der Waals surface area contributed by atoms with Crippen LogP contribution >= 0.6 is 46.6 Å². The first-order valence-corrected chi connectivity index (χ1v) is 8.35. The van der Waals surface area contributed by atoms with Crippen LogP contribution in [0.5, 0.6) is 0 Å². The standard InChI is InChI=1S/C13H10S4/c14-8-9-3-4-12(16-9)13-6-5-11(17-13)10-2-1-7-15-10/h1-7,14H,8H2. The topological polar surface area (TPSA) is 0 Å². The number of thiol groups is 1. The van der Waals surface area contributed by atoms with Crippen LogP contribution in [-0.2, 0) is 5.75 Å². The molecule has 0 N–H and O–H groups in total. The van der Waals surface area contributed by atoms with E-state index in [-0.39, 0.29) is 0 Å². The molecule has 0 atom stereocenters. The van der Waals surface area contributed by atoms with Gasteiger partial charge in [-0.05, 0) is 35.7 Å². The molecule has 0 radical (unpaired) electrons. The normalized spacial score (nSPS) is 10.9. The number of rotatable bonds is 3. The monoisotopic (exact) mass is 294 g/mol. The maximum atomic E-state index is 4.31. The van der Waals surface area contributed by atoms with E-state index < -0.39 is 0 Å². The van der Waals surface area contributed by atoms with Crippen LogP contribution in [0.1, 0.15) is 4.88 Å². The van der Waals surface area contributed by atoms with Gasteiger partial charge in [-0.1, -0.05) is 6.07 Å². The maximum Gasteiger partial charge on any atom is 0.0449 e. The molecular weight excluding hydrogens is 284 g/mol. The third kappa shape index (κ3) is 2.36. The Labute approximate surface area is 118 Å². The smallest absolute Gasteiger partial charge is 0.0449 e. The number of hydrogen-bond acceptors (Lipinski definition) is 4. The Kier molecular flexibility index (Phi) is 3.38. The summed E-state index contributed by atoms with van der Waals surface area (Å²) in [4.78, 5) is 6.74. The zero-order chi connectivity index (χ0) is 11.7. The molecule has 4 heteroatoms. The van der Waals surface area contributed by atoms with E-state index in [1.54, 1.807) is 11.3 Å². The SMILES string of the molecule is SCc1ccc(-c2ccc(-c3cccs3)s2)s1. The van der Waals surface area contributed by atoms with Crippen molar-refractivity contribution in [2.24, 2.45) is 0 Å². The Morgan fingerprint density at radius 1 is 0.824 bits per heavy atom. The molecule has 0 aliphatic heterocycles. The Balaban J connectivity index is 1.94. The van der Waals surface area contributed by atoms with Gasteiger partial charge in [-0.3, -0.25) is 0 Å². The van der Waals surface area contributed by atoms with Crippen molar-refractivity contribution in [1.29, 1.82) is 0 Å². The molecule has 0 aliphatic rings. The largest absolute Gasteiger partial charge is 0.174 e. The summed E-state index contributed by atoms with van der Waals surface area (Å²) in [7, 11) is 0. The molecule has 86 valence electrons. The summed E-state index contributed by atoms with van der Waals surface area (Å²) in [6.45, 7) is 0. The lowest BCUT2D eigenvalue weighted by molar-refractivity contribution is 1.57. The van der Waals surface area contributed by atoms with E-state index in [0.717, 1.165) is 5.75 Å². The summed E-state index contributed by atoms with van der Waals surface area (Å²) < 4.78 is 0. The van der Waals surface area contributed by atoms with Crippen molar-refractivity contribution in [3.63, 3.8) is 0 Å². The molecule has 3 rings (SSSR count). The van der Waals surface area contributed by atoms with Crippen molar-refractivity contribution in [2.75, 3.05) is 0 Å². The first-order chi connectivity index (χ1) is 8.36. The molecule has 0 saturated heterocycles. The van der Waals surface area contributed by atoms with Crippen molar-refractivity contribution in [3.05, 3.63) is 46.7 Å². The van der Waals surface area contributed by atoms with Gasteiger partial charge in [-0.25, -0.2) is 0 Å². The minimum Gasteiger partial charge on any atom is -0.174 e. The second-order valence-corrected chi connectivity index (χ2v) is 7.08. The summed E-state index contributed by atoms with van der Waals surface area (Å²) >= 11 is 9.80. The maximum absolute atomic E-state index is 4.31. The average Bonchev–Trinajstić information content (AvgIpc) is 3.09. The van der Waals surface area contributed by atoms with E-state index in [2.05, 4.69) is 54.4 Å². The molecule has 0 saturated carbocycles. The molecule has 0 aliphatic carbocycles. The second-order valence-electron chi connectivity index (χ2n) is 3.57. The quantitative estimate of drug-likeness (QED) is 0.594. The predicted molar refractivity (Wildman–Crippen MR) is 83.6 cm³/mol. The lowest BCUT2D eigenvalue weighted by Crippen LogP contribution is -1.60. The minimum atomic E-state index is 0.827. The Bertz CT molecular complexity index is 601. The molecule has 17 heavy (non-hydrogen) atoms. The number of hydrogen-bond donors (Lipinski definition) is 1. The zero-order valence-corrected chi connectivity index (χ0v) is 12.3. The third-order valence-corrected chi connectivity index (χ3v) is 6.42. The molecule has 0 aromatic carbocycles. The van der Waals surface area contributed by atoms with Gasteiger partial charge in [0, 0.05) is 30.1 Å². The van der Waals surface area contributed by atoms with Crippen LogP contribution in [0.4, 0.5) is 0 Å². The van der Waals surface area contributed by atoms with E-state index in [4.69, 9.17) is 0 Å². The second kappa shape index (κ2) is 4.98. The fraction of sp³-hybridized carbons (Fsp3) is 0.0769. The van der Waals surface area contributed by atoms with Crippen LogP contribution < -0.4 is 0 Å². The highest BCUT2D eigenvalue weighted by molar-refractivity contribution is 7.79. The number of thiophene rings is 3. The van der Waals surface area contributed by atoms with Gasteiger partial charge in [0.05, 0.1) is 0 Å². The van der Waals surface area contributed by atoms with Crippen molar-refractivity contribution >= 4 is 46.6 Å². The molecule has 0 bridgehead atoms. The predicted octanol–water partition coefficient (Wildman–Crippen LogP) is 5.63. The molecule has 0 spiro atoms. The minimum absolute atomic E-state index is 0.827. The van der Waals surface area contributed by atoms with E-state index in [9.17, 15) is 0 Å². The third-order valence-electron chi connectivity index (χ3n) is 2.43. The summed E-state index contributed by atoms with van der Waals surface area (Å²) in [6.07, 6.45) is 0. The van der Waals surface area contributed by atoms with Gasteiger partial charge in [-0.2, -0.15) is 12.6 Å². The first kappa shape index (κ1) is 11.5. The van der Waals surface area contributed by atoms with Crippen LogP contribution in [0.2, 0.25) is 0 Å². The fourth-order valence-electron chi connectivity index (χ4n) is 1.62. The summed E-state index contributed by atoms with van der Waals surface area (Å²) in [5.74, 6) is 0.827. The van der Waals surface area contributed by atoms with Gasteiger partial charge in [-0.15, -0.1) is 34.0 Å². The molecule has 0 nitrogen and oxygen atoms in total. The van der Waals surface area contributed by atoms with Gasteiger partial charge in [0.1, 0.15) is 0 Å². The molecule has 3 aromatic rings. The van der Waals surface area contributed by atoms with Crippen LogP contribution in [0.25, 0.3) is 19.5 Å².